The predicted molar refractivity (Wildman–Crippen MR) is 95.5 cm³/mol. The molecule has 6 heteroatoms. The number of halogens is 1. The molecule has 2 aliphatic rings. The van der Waals surface area contributed by atoms with Crippen molar-refractivity contribution in [1.82, 2.24) is 10.6 Å². The minimum absolute atomic E-state index is 0.320. The Labute approximate surface area is 143 Å². The second-order valence-corrected chi connectivity index (χ2v) is 6.58. The van der Waals surface area contributed by atoms with E-state index in [1.54, 1.807) is 0 Å². The zero-order valence-corrected chi connectivity index (χ0v) is 14.4. The van der Waals surface area contributed by atoms with Crippen molar-refractivity contribution in [2.75, 3.05) is 38.2 Å². The van der Waals surface area contributed by atoms with E-state index in [2.05, 4.69) is 26.6 Å². The van der Waals surface area contributed by atoms with Crippen LogP contribution in [0.15, 0.2) is 29.3 Å². The molecular weight excluding hydrogens is 312 g/mol. The molecule has 0 amide bonds. The summed E-state index contributed by atoms with van der Waals surface area (Å²) in [6.07, 6.45) is 3.71. The molecule has 1 aromatic carbocycles. The highest BCUT2D eigenvalue weighted by molar-refractivity contribution is 6.30. The van der Waals surface area contributed by atoms with Crippen LogP contribution in [0.3, 0.4) is 0 Å². The number of nitrogens with zero attached hydrogens (tertiary/aromatic N) is 2. The van der Waals surface area contributed by atoms with Crippen LogP contribution in [0.2, 0.25) is 5.02 Å². The van der Waals surface area contributed by atoms with Crippen molar-refractivity contribution in [2.24, 2.45) is 4.99 Å². The first-order valence-corrected chi connectivity index (χ1v) is 8.71. The van der Waals surface area contributed by atoms with Gasteiger partial charge in [-0.2, -0.15) is 0 Å². The maximum absolute atomic E-state index is 6.09. The Morgan fingerprint density at radius 3 is 3.09 bits per heavy atom. The lowest BCUT2D eigenvalue weighted by atomic mass is 10.2. The molecule has 2 unspecified atom stereocenters. The Bertz CT molecular complexity index is 545. The number of anilines is 1. The lowest BCUT2D eigenvalue weighted by Gasteiger charge is -2.21. The normalized spacial score (nSPS) is 25.0. The van der Waals surface area contributed by atoms with E-state index in [1.165, 1.54) is 5.69 Å². The summed E-state index contributed by atoms with van der Waals surface area (Å²) < 4.78 is 5.64. The average Bonchev–Trinajstić information content (AvgIpc) is 3.23. The van der Waals surface area contributed by atoms with Crippen LogP contribution in [0.5, 0.6) is 0 Å². The van der Waals surface area contributed by atoms with Gasteiger partial charge >= 0.3 is 0 Å². The fraction of sp³-hybridized carbons (Fsp3) is 0.588. The van der Waals surface area contributed by atoms with Crippen LogP contribution in [0.25, 0.3) is 0 Å². The van der Waals surface area contributed by atoms with Crippen molar-refractivity contribution >= 4 is 23.2 Å². The molecule has 0 saturated carbocycles. The molecule has 0 bridgehead atoms. The van der Waals surface area contributed by atoms with Crippen LogP contribution in [-0.4, -0.2) is 51.4 Å². The molecule has 126 valence electrons. The summed E-state index contributed by atoms with van der Waals surface area (Å²) in [6, 6.07) is 8.44. The number of hydrogen-bond donors (Lipinski definition) is 2. The van der Waals surface area contributed by atoms with E-state index in [0.717, 1.165) is 56.5 Å². The molecule has 2 N–H and O–H groups in total. The lowest BCUT2D eigenvalue weighted by Crippen LogP contribution is -2.46. The quantitative estimate of drug-likeness (QED) is 0.654. The van der Waals surface area contributed by atoms with E-state index in [9.17, 15) is 0 Å². The molecule has 23 heavy (non-hydrogen) atoms. The van der Waals surface area contributed by atoms with E-state index in [1.807, 2.05) is 25.2 Å². The van der Waals surface area contributed by atoms with Crippen molar-refractivity contribution in [3.63, 3.8) is 0 Å². The van der Waals surface area contributed by atoms with Crippen LogP contribution in [0, 0.1) is 0 Å². The summed E-state index contributed by atoms with van der Waals surface area (Å²) in [7, 11) is 1.81. The third-order valence-electron chi connectivity index (χ3n) is 4.45. The Hall–Kier alpha value is -1.46. The van der Waals surface area contributed by atoms with Crippen LogP contribution in [0.4, 0.5) is 5.69 Å². The number of ether oxygens (including phenoxy) is 1. The molecule has 2 atom stereocenters. The molecule has 0 radical (unpaired) electrons. The highest BCUT2D eigenvalue weighted by atomic mass is 35.5. The van der Waals surface area contributed by atoms with Gasteiger partial charge in [-0.15, -0.1) is 0 Å². The van der Waals surface area contributed by atoms with E-state index in [0.29, 0.717) is 12.1 Å². The van der Waals surface area contributed by atoms with E-state index in [-0.39, 0.29) is 0 Å². The maximum atomic E-state index is 6.09. The number of hydrogen-bond acceptors (Lipinski definition) is 3. The molecule has 2 aliphatic heterocycles. The zero-order valence-electron chi connectivity index (χ0n) is 13.6. The fourth-order valence-electron chi connectivity index (χ4n) is 3.19. The average molecular weight is 337 g/mol. The predicted octanol–water partition coefficient (Wildman–Crippen LogP) is 2.26. The first kappa shape index (κ1) is 16.4. The third kappa shape index (κ3) is 4.52. The van der Waals surface area contributed by atoms with Crippen molar-refractivity contribution in [3.05, 3.63) is 29.3 Å². The molecule has 5 nitrogen and oxygen atoms in total. The highest BCUT2D eigenvalue weighted by Gasteiger charge is 2.24. The van der Waals surface area contributed by atoms with Gasteiger partial charge in [0.1, 0.15) is 0 Å². The van der Waals surface area contributed by atoms with Crippen LogP contribution in [-0.2, 0) is 4.74 Å². The van der Waals surface area contributed by atoms with Gasteiger partial charge in [-0.3, -0.25) is 4.99 Å². The largest absolute Gasteiger partial charge is 0.376 e. The SMILES string of the molecule is CN=C(NCC1CCCO1)NC1CCN(c2cccc(Cl)c2)C1. The van der Waals surface area contributed by atoms with Crippen molar-refractivity contribution in [3.8, 4) is 0 Å². The molecular formula is C17H25ClN4O. The van der Waals surface area contributed by atoms with Crippen molar-refractivity contribution < 1.29 is 4.74 Å². The highest BCUT2D eigenvalue weighted by Crippen LogP contribution is 2.23. The number of guanidine groups is 1. The van der Waals surface area contributed by atoms with Gasteiger partial charge in [0.05, 0.1) is 6.10 Å². The summed E-state index contributed by atoms with van der Waals surface area (Å²) in [6.45, 7) is 3.70. The molecule has 0 aliphatic carbocycles. The summed E-state index contributed by atoms with van der Waals surface area (Å²) in [4.78, 5) is 6.68. The Kier molecular flexibility index (Phi) is 5.62. The third-order valence-corrected chi connectivity index (χ3v) is 4.68. The van der Waals surface area contributed by atoms with Gasteiger partial charge in [0.2, 0.25) is 0 Å². The van der Waals surface area contributed by atoms with Gasteiger partial charge in [-0.05, 0) is 37.5 Å². The van der Waals surface area contributed by atoms with Gasteiger partial charge in [0.15, 0.2) is 5.96 Å². The first-order chi connectivity index (χ1) is 11.2. The van der Waals surface area contributed by atoms with Gasteiger partial charge in [0, 0.05) is 50.0 Å². The molecule has 2 fully saturated rings. The molecule has 2 saturated heterocycles. The van der Waals surface area contributed by atoms with Crippen LogP contribution >= 0.6 is 11.6 Å². The summed E-state index contributed by atoms with van der Waals surface area (Å²) >= 11 is 6.09. The second kappa shape index (κ2) is 7.88. The number of aliphatic imine (C=N–C) groups is 1. The molecule has 2 heterocycles. The minimum Gasteiger partial charge on any atom is -0.376 e. The smallest absolute Gasteiger partial charge is 0.191 e. The van der Waals surface area contributed by atoms with Crippen molar-refractivity contribution in [1.29, 1.82) is 0 Å². The van der Waals surface area contributed by atoms with Gasteiger partial charge in [-0.25, -0.2) is 0 Å². The zero-order chi connectivity index (χ0) is 16.1. The van der Waals surface area contributed by atoms with E-state index in [4.69, 9.17) is 16.3 Å². The Morgan fingerprint density at radius 1 is 1.43 bits per heavy atom. The molecule has 3 rings (SSSR count). The van der Waals surface area contributed by atoms with Gasteiger partial charge in [-0.1, -0.05) is 17.7 Å². The fourth-order valence-corrected chi connectivity index (χ4v) is 3.37. The lowest BCUT2D eigenvalue weighted by molar-refractivity contribution is 0.113. The molecule has 0 aromatic heterocycles. The summed E-state index contributed by atoms with van der Waals surface area (Å²) in [5.74, 6) is 0.860. The molecule has 0 spiro atoms. The second-order valence-electron chi connectivity index (χ2n) is 6.14. The summed E-state index contributed by atoms with van der Waals surface area (Å²) in [5, 5.41) is 7.67. The van der Waals surface area contributed by atoms with Crippen LogP contribution in [0.1, 0.15) is 19.3 Å². The standard InChI is InChI=1S/C17H25ClN4O/c1-19-17(20-11-16-6-3-9-23-16)21-14-7-8-22(12-14)15-5-2-4-13(18)10-15/h2,4-5,10,14,16H,3,6-9,11-12H2,1H3,(H2,19,20,21). The number of rotatable bonds is 4. The van der Waals surface area contributed by atoms with E-state index < -0.39 is 0 Å². The first-order valence-electron chi connectivity index (χ1n) is 8.34. The number of benzene rings is 1. The van der Waals surface area contributed by atoms with E-state index >= 15 is 0 Å². The van der Waals surface area contributed by atoms with Gasteiger partial charge < -0.3 is 20.3 Å². The molecule has 1 aromatic rings. The minimum atomic E-state index is 0.320. The van der Waals surface area contributed by atoms with Gasteiger partial charge in [0.25, 0.3) is 0 Å². The Balaban J connectivity index is 1.48. The van der Waals surface area contributed by atoms with Crippen LogP contribution < -0.4 is 15.5 Å². The monoisotopic (exact) mass is 336 g/mol. The topological polar surface area (TPSA) is 48.9 Å². The maximum Gasteiger partial charge on any atom is 0.191 e. The number of nitrogens with one attached hydrogen (secondary N) is 2. The van der Waals surface area contributed by atoms with Crippen molar-refractivity contribution in [2.45, 2.75) is 31.4 Å². The summed E-state index contributed by atoms with van der Waals surface area (Å²) in [5.41, 5.74) is 1.18. The Morgan fingerprint density at radius 2 is 2.35 bits per heavy atom.